The standard InChI is InChI=1S/C11H7BrClN3O2/c12-5-1-6(13)3-7(2-5)16-9-8(4-14-16)10(17)15-11(9)18/h1-4,9,14H,(H,15,17,18). The topological polar surface area (TPSA) is 61.4 Å². The first-order chi connectivity index (χ1) is 8.56. The average molecular weight is 329 g/mol. The zero-order valence-corrected chi connectivity index (χ0v) is 11.2. The molecule has 0 aromatic heterocycles. The predicted octanol–water partition coefficient (Wildman–Crippen LogP) is 1.34. The Kier molecular flexibility index (Phi) is 2.57. The lowest BCUT2D eigenvalue weighted by molar-refractivity contribution is -0.124. The molecule has 1 atom stereocenters. The van der Waals surface area contributed by atoms with Gasteiger partial charge < -0.3 is 5.43 Å². The molecule has 1 fully saturated rings. The van der Waals surface area contributed by atoms with Gasteiger partial charge in [0, 0.05) is 15.7 Å². The number of benzene rings is 1. The first kappa shape index (κ1) is 11.6. The van der Waals surface area contributed by atoms with E-state index >= 15 is 0 Å². The minimum Gasteiger partial charge on any atom is -0.304 e. The van der Waals surface area contributed by atoms with Crippen molar-refractivity contribution in [3.8, 4) is 0 Å². The number of nitrogens with zero attached hydrogens (tertiary/aromatic N) is 1. The van der Waals surface area contributed by atoms with Crippen LogP contribution in [0.3, 0.4) is 0 Å². The van der Waals surface area contributed by atoms with Gasteiger partial charge in [-0.05, 0) is 18.2 Å². The van der Waals surface area contributed by atoms with Gasteiger partial charge in [0.1, 0.15) is 0 Å². The summed E-state index contributed by atoms with van der Waals surface area (Å²) in [5, 5.41) is 4.42. The highest BCUT2D eigenvalue weighted by atomic mass is 79.9. The van der Waals surface area contributed by atoms with E-state index in [9.17, 15) is 9.59 Å². The molecule has 0 bridgehead atoms. The van der Waals surface area contributed by atoms with Crippen LogP contribution < -0.4 is 15.8 Å². The van der Waals surface area contributed by atoms with Gasteiger partial charge in [0.2, 0.25) is 0 Å². The molecular weight excluding hydrogens is 321 g/mol. The Morgan fingerprint density at radius 2 is 2.06 bits per heavy atom. The average Bonchev–Trinajstić information content (AvgIpc) is 2.81. The van der Waals surface area contributed by atoms with Crippen LogP contribution in [0, 0.1) is 0 Å². The van der Waals surface area contributed by atoms with Gasteiger partial charge in [0.15, 0.2) is 6.04 Å². The lowest BCUT2D eigenvalue weighted by Crippen LogP contribution is -2.43. The van der Waals surface area contributed by atoms with Crippen LogP contribution >= 0.6 is 27.5 Å². The molecule has 1 saturated heterocycles. The summed E-state index contributed by atoms with van der Waals surface area (Å²) in [5.41, 5.74) is 4.02. The number of halogens is 2. The zero-order chi connectivity index (χ0) is 12.9. The van der Waals surface area contributed by atoms with E-state index in [2.05, 4.69) is 26.7 Å². The van der Waals surface area contributed by atoms with Crippen LogP contribution in [-0.2, 0) is 9.59 Å². The number of hydrogen-bond acceptors (Lipinski definition) is 4. The lowest BCUT2D eigenvalue weighted by Gasteiger charge is -2.24. The third kappa shape index (κ3) is 1.69. The summed E-state index contributed by atoms with van der Waals surface area (Å²) >= 11 is 9.30. The molecule has 5 nitrogen and oxygen atoms in total. The highest BCUT2D eigenvalue weighted by molar-refractivity contribution is 9.10. The second-order valence-corrected chi connectivity index (χ2v) is 5.30. The summed E-state index contributed by atoms with van der Waals surface area (Å²) in [5.74, 6) is -0.701. The molecule has 0 spiro atoms. The molecule has 2 aliphatic rings. The highest BCUT2D eigenvalue weighted by Gasteiger charge is 2.44. The number of amides is 2. The highest BCUT2D eigenvalue weighted by Crippen LogP contribution is 2.31. The van der Waals surface area contributed by atoms with Gasteiger partial charge in [-0.3, -0.25) is 19.9 Å². The van der Waals surface area contributed by atoms with Crippen molar-refractivity contribution in [2.75, 3.05) is 5.01 Å². The third-order valence-corrected chi connectivity index (χ3v) is 3.46. The van der Waals surface area contributed by atoms with Crippen LogP contribution in [0.25, 0.3) is 0 Å². The maximum Gasteiger partial charge on any atom is 0.258 e. The van der Waals surface area contributed by atoms with E-state index in [0.717, 1.165) is 4.47 Å². The molecule has 3 rings (SSSR count). The number of nitrogens with one attached hydrogen (secondary N) is 2. The molecule has 92 valence electrons. The Labute approximate surface area is 116 Å². The Balaban J connectivity index is 2.00. The van der Waals surface area contributed by atoms with E-state index in [4.69, 9.17) is 11.6 Å². The molecule has 0 saturated carbocycles. The van der Waals surface area contributed by atoms with Crippen molar-refractivity contribution in [1.82, 2.24) is 10.7 Å². The van der Waals surface area contributed by atoms with Crippen LogP contribution in [0.1, 0.15) is 0 Å². The molecule has 2 N–H and O–H groups in total. The molecule has 1 aromatic rings. The monoisotopic (exact) mass is 327 g/mol. The molecule has 0 radical (unpaired) electrons. The van der Waals surface area contributed by atoms with Crippen LogP contribution in [0.15, 0.2) is 34.4 Å². The van der Waals surface area contributed by atoms with E-state index < -0.39 is 6.04 Å². The third-order valence-electron chi connectivity index (χ3n) is 2.78. The van der Waals surface area contributed by atoms with Gasteiger partial charge in [-0.25, -0.2) is 0 Å². The number of rotatable bonds is 1. The Morgan fingerprint density at radius 3 is 2.78 bits per heavy atom. The van der Waals surface area contributed by atoms with Gasteiger partial charge in [0.05, 0.1) is 11.3 Å². The number of hydrogen-bond donors (Lipinski definition) is 2. The number of hydrazine groups is 1. The molecule has 0 aliphatic carbocycles. The fourth-order valence-corrected chi connectivity index (χ4v) is 2.88. The molecule has 7 heteroatoms. The second-order valence-electron chi connectivity index (χ2n) is 3.95. The summed E-state index contributed by atoms with van der Waals surface area (Å²) in [6.45, 7) is 0. The largest absolute Gasteiger partial charge is 0.304 e. The summed E-state index contributed by atoms with van der Waals surface area (Å²) < 4.78 is 0.796. The first-order valence-corrected chi connectivity index (χ1v) is 6.30. The maximum absolute atomic E-state index is 11.7. The van der Waals surface area contributed by atoms with E-state index in [0.29, 0.717) is 16.3 Å². The smallest absolute Gasteiger partial charge is 0.258 e. The van der Waals surface area contributed by atoms with Crippen molar-refractivity contribution in [2.45, 2.75) is 6.04 Å². The number of carbonyl (C=O) groups is 2. The van der Waals surface area contributed by atoms with Crippen molar-refractivity contribution in [1.29, 1.82) is 0 Å². The Morgan fingerprint density at radius 1 is 1.28 bits per heavy atom. The summed E-state index contributed by atoms with van der Waals surface area (Å²) in [7, 11) is 0. The van der Waals surface area contributed by atoms with Crippen molar-refractivity contribution >= 4 is 45.0 Å². The van der Waals surface area contributed by atoms with E-state index in [1.54, 1.807) is 17.1 Å². The SMILES string of the molecule is O=C1NC(=O)C2C1=CNN2c1cc(Cl)cc(Br)c1. The molecule has 2 amide bonds. The summed E-state index contributed by atoms with van der Waals surface area (Å²) in [6, 6.07) is 4.63. The molecule has 18 heavy (non-hydrogen) atoms. The van der Waals surface area contributed by atoms with Gasteiger partial charge >= 0.3 is 0 Å². The maximum atomic E-state index is 11.7. The number of carbonyl (C=O) groups excluding carboxylic acids is 2. The van der Waals surface area contributed by atoms with Crippen LogP contribution in [0.2, 0.25) is 5.02 Å². The minimum atomic E-state index is -0.636. The fraction of sp³-hybridized carbons (Fsp3) is 0.0909. The fourth-order valence-electron chi connectivity index (χ4n) is 2.03. The number of fused-ring (bicyclic) bond motifs is 1. The quantitative estimate of drug-likeness (QED) is 0.764. The first-order valence-electron chi connectivity index (χ1n) is 5.13. The van der Waals surface area contributed by atoms with Gasteiger partial charge in [-0.1, -0.05) is 27.5 Å². The molecular formula is C11H7BrClN3O2. The lowest BCUT2D eigenvalue weighted by atomic mass is 10.1. The van der Waals surface area contributed by atoms with Crippen LogP contribution in [-0.4, -0.2) is 17.9 Å². The summed E-state index contributed by atoms with van der Waals surface area (Å²) in [6.07, 6.45) is 1.53. The van der Waals surface area contributed by atoms with Crippen molar-refractivity contribution in [2.24, 2.45) is 0 Å². The number of anilines is 1. The van der Waals surface area contributed by atoms with E-state index in [-0.39, 0.29) is 11.8 Å². The van der Waals surface area contributed by atoms with E-state index in [1.165, 1.54) is 6.20 Å². The Hall–Kier alpha value is -1.53. The predicted molar refractivity (Wildman–Crippen MR) is 69.8 cm³/mol. The molecule has 1 aromatic carbocycles. The van der Waals surface area contributed by atoms with E-state index in [1.807, 2.05) is 6.07 Å². The van der Waals surface area contributed by atoms with Gasteiger partial charge in [-0.15, -0.1) is 0 Å². The summed E-state index contributed by atoms with van der Waals surface area (Å²) in [4.78, 5) is 23.2. The second kappa shape index (κ2) is 4.00. The molecule has 2 aliphatic heterocycles. The Bertz CT molecular complexity index is 582. The number of imide groups is 1. The van der Waals surface area contributed by atoms with Gasteiger partial charge in [-0.2, -0.15) is 0 Å². The molecule has 1 unspecified atom stereocenters. The van der Waals surface area contributed by atoms with Crippen LogP contribution in [0.5, 0.6) is 0 Å². The minimum absolute atomic E-state index is 0.340. The molecule has 2 heterocycles. The van der Waals surface area contributed by atoms with Crippen molar-refractivity contribution < 1.29 is 9.59 Å². The van der Waals surface area contributed by atoms with Gasteiger partial charge in [0.25, 0.3) is 11.8 Å². The van der Waals surface area contributed by atoms with Crippen molar-refractivity contribution in [3.05, 3.63) is 39.5 Å². The zero-order valence-electron chi connectivity index (χ0n) is 8.91. The van der Waals surface area contributed by atoms with Crippen molar-refractivity contribution in [3.63, 3.8) is 0 Å². The van der Waals surface area contributed by atoms with Crippen LogP contribution in [0.4, 0.5) is 5.69 Å². The normalized spacial score (nSPS) is 21.6.